The van der Waals surface area contributed by atoms with Crippen molar-refractivity contribution in [1.82, 2.24) is 9.80 Å². The predicted molar refractivity (Wildman–Crippen MR) is 106 cm³/mol. The normalized spacial score (nSPS) is 21.2. The first-order chi connectivity index (χ1) is 13.3. The van der Waals surface area contributed by atoms with Gasteiger partial charge in [0.25, 0.3) is 0 Å². The van der Waals surface area contributed by atoms with E-state index in [1.807, 2.05) is 12.1 Å². The summed E-state index contributed by atoms with van der Waals surface area (Å²) in [6, 6.07) is 17.9. The molecule has 2 heterocycles. The lowest BCUT2D eigenvalue weighted by Gasteiger charge is -2.40. The minimum atomic E-state index is -0.171. The molecule has 0 saturated carbocycles. The highest BCUT2D eigenvalue weighted by Gasteiger charge is 2.28. The Kier molecular flexibility index (Phi) is 6.17. The molecule has 2 aliphatic rings. The van der Waals surface area contributed by atoms with E-state index in [0.717, 1.165) is 45.3 Å². The van der Waals surface area contributed by atoms with Crippen molar-refractivity contribution in [2.24, 2.45) is 5.92 Å². The maximum absolute atomic E-state index is 13.4. The highest BCUT2D eigenvalue weighted by atomic mass is 19.1. The quantitative estimate of drug-likeness (QED) is 0.795. The largest absolute Gasteiger partial charge is 0.379 e. The van der Waals surface area contributed by atoms with Gasteiger partial charge in [0.05, 0.1) is 19.3 Å². The second kappa shape index (κ2) is 8.96. The van der Waals surface area contributed by atoms with E-state index < -0.39 is 0 Å². The van der Waals surface area contributed by atoms with Crippen LogP contribution in [0.15, 0.2) is 54.6 Å². The lowest BCUT2D eigenvalue weighted by Crippen LogP contribution is -2.43. The number of nitrogens with zero attached hydrogens (tertiary/aromatic N) is 2. The molecule has 0 aliphatic carbocycles. The van der Waals surface area contributed by atoms with Gasteiger partial charge < -0.3 is 4.74 Å². The monoisotopic (exact) mass is 368 g/mol. The Labute approximate surface area is 161 Å². The van der Waals surface area contributed by atoms with Gasteiger partial charge in [0.15, 0.2) is 0 Å². The van der Waals surface area contributed by atoms with Crippen LogP contribution in [-0.4, -0.2) is 55.7 Å². The van der Waals surface area contributed by atoms with Crippen LogP contribution in [0, 0.1) is 11.7 Å². The van der Waals surface area contributed by atoms with E-state index in [2.05, 4.69) is 40.1 Å². The average Bonchev–Trinajstić information content (AvgIpc) is 2.73. The summed E-state index contributed by atoms with van der Waals surface area (Å²) in [5.41, 5.74) is 2.46. The van der Waals surface area contributed by atoms with E-state index in [0.29, 0.717) is 0 Å². The fourth-order valence-corrected chi connectivity index (χ4v) is 4.44. The van der Waals surface area contributed by atoms with Crippen LogP contribution in [0.5, 0.6) is 0 Å². The number of hydrogen-bond acceptors (Lipinski definition) is 3. The zero-order valence-electron chi connectivity index (χ0n) is 15.9. The van der Waals surface area contributed by atoms with Crippen LogP contribution in [0.25, 0.3) is 0 Å². The SMILES string of the molecule is Fc1ccc([C@@H](c2ccccc2)N2CCC(CN3CCOCC3)CC2)cc1. The molecule has 0 amide bonds. The fourth-order valence-electron chi connectivity index (χ4n) is 4.44. The summed E-state index contributed by atoms with van der Waals surface area (Å²) in [5, 5.41) is 0. The van der Waals surface area contributed by atoms with E-state index >= 15 is 0 Å². The molecule has 4 rings (SSSR count). The summed E-state index contributed by atoms with van der Waals surface area (Å²) in [6.07, 6.45) is 2.45. The lowest BCUT2D eigenvalue weighted by atomic mass is 9.91. The predicted octanol–water partition coefficient (Wildman–Crippen LogP) is 3.96. The first-order valence-corrected chi connectivity index (χ1v) is 10.1. The first-order valence-electron chi connectivity index (χ1n) is 10.1. The molecule has 2 aliphatic heterocycles. The Hall–Kier alpha value is -1.75. The molecule has 1 atom stereocenters. The maximum atomic E-state index is 13.4. The van der Waals surface area contributed by atoms with Crippen molar-refractivity contribution in [1.29, 1.82) is 0 Å². The molecule has 27 heavy (non-hydrogen) atoms. The molecule has 0 radical (unpaired) electrons. The van der Waals surface area contributed by atoms with Gasteiger partial charge in [-0.1, -0.05) is 42.5 Å². The third-order valence-corrected chi connectivity index (χ3v) is 5.94. The van der Waals surface area contributed by atoms with Gasteiger partial charge in [0.1, 0.15) is 5.82 Å². The molecule has 2 aromatic carbocycles. The summed E-state index contributed by atoms with van der Waals surface area (Å²) in [4.78, 5) is 5.12. The number of piperidine rings is 1. The number of rotatable bonds is 5. The van der Waals surface area contributed by atoms with E-state index in [1.165, 1.54) is 30.5 Å². The van der Waals surface area contributed by atoms with E-state index in [4.69, 9.17) is 4.74 Å². The minimum absolute atomic E-state index is 0.171. The molecule has 0 unspecified atom stereocenters. The van der Waals surface area contributed by atoms with Crippen molar-refractivity contribution in [3.63, 3.8) is 0 Å². The third-order valence-electron chi connectivity index (χ3n) is 5.94. The number of likely N-dealkylation sites (tertiary alicyclic amines) is 1. The Morgan fingerprint density at radius 2 is 1.48 bits per heavy atom. The molecule has 0 bridgehead atoms. The summed E-state index contributed by atoms with van der Waals surface area (Å²) in [6.45, 7) is 7.27. The molecule has 3 nitrogen and oxygen atoms in total. The second-order valence-corrected chi connectivity index (χ2v) is 7.76. The number of benzene rings is 2. The highest BCUT2D eigenvalue weighted by molar-refractivity contribution is 5.32. The third kappa shape index (κ3) is 4.75. The van der Waals surface area contributed by atoms with E-state index in [9.17, 15) is 4.39 Å². The number of hydrogen-bond donors (Lipinski definition) is 0. The van der Waals surface area contributed by atoms with Gasteiger partial charge in [-0.15, -0.1) is 0 Å². The van der Waals surface area contributed by atoms with E-state index in [-0.39, 0.29) is 11.9 Å². The van der Waals surface area contributed by atoms with Crippen LogP contribution in [0.2, 0.25) is 0 Å². The summed E-state index contributed by atoms with van der Waals surface area (Å²) in [7, 11) is 0. The summed E-state index contributed by atoms with van der Waals surface area (Å²) >= 11 is 0. The van der Waals surface area contributed by atoms with Gasteiger partial charge in [0.2, 0.25) is 0 Å². The first kappa shape index (κ1) is 18.6. The van der Waals surface area contributed by atoms with Crippen LogP contribution in [0.1, 0.15) is 30.0 Å². The van der Waals surface area contributed by atoms with Crippen molar-refractivity contribution in [3.8, 4) is 0 Å². The van der Waals surface area contributed by atoms with Crippen molar-refractivity contribution >= 4 is 0 Å². The second-order valence-electron chi connectivity index (χ2n) is 7.76. The zero-order chi connectivity index (χ0) is 18.5. The van der Waals surface area contributed by atoms with E-state index in [1.54, 1.807) is 12.1 Å². The number of ether oxygens (including phenoxy) is 1. The van der Waals surface area contributed by atoms with Gasteiger partial charge in [-0.25, -0.2) is 4.39 Å². The van der Waals surface area contributed by atoms with Crippen LogP contribution in [0.3, 0.4) is 0 Å². The van der Waals surface area contributed by atoms with Crippen molar-refractivity contribution < 1.29 is 9.13 Å². The van der Waals surface area contributed by atoms with Gasteiger partial charge in [-0.05, 0) is 55.1 Å². The Morgan fingerprint density at radius 3 is 2.15 bits per heavy atom. The zero-order valence-corrected chi connectivity index (χ0v) is 15.9. The maximum Gasteiger partial charge on any atom is 0.123 e. The minimum Gasteiger partial charge on any atom is -0.379 e. The van der Waals surface area contributed by atoms with Crippen LogP contribution in [0.4, 0.5) is 4.39 Å². The van der Waals surface area contributed by atoms with Gasteiger partial charge in [0, 0.05) is 19.6 Å². The van der Waals surface area contributed by atoms with Crippen LogP contribution in [-0.2, 0) is 4.74 Å². The average molecular weight is 368 g/mol. The van der Waals surface area contributed by atoms with Crippen molar-refractivity contribution in [3.05, 3.63) is 71.5 Å². The van der Waals surface area contributed by atoms with Gasteiger partial charge >= 0.3 is 0 Å². The molecule has 0 aromatic heterocycles. The molecule has 0 spiro atoms. The molecule has 2 fully saturated rings. The molecule has 144 valence electrons. The molecular weight excluding hydrogens is 339 g/mol. The van der Waals surface area contributed by atoms with Crippen LogP contribution >= 0.6 is 0 Å². The molecular formula is C23H29FN2O. The van der Waals surface area contributed by atoms with Gasteiger partial charge in [-0.3, -0.25) is 9.80 Å². The Balaban J connectivity index is 1.44. The van der Waals surface area contributed by atoms with Crippen molar-refractivity contribution in [2.45, 2.75) is 18.9 Å². The standard InChI is InChI=1S/C23H29FN2O/c24-22-8-6-21(7-9-22)23(20-4-2-1-3-5-20)26-12-10-19(11-13-26)18-25-14-16-27-17-15-25/h1-9,19,23H,10-18H2/t23-/m1/s1. The Morgan fingerprint density at radius 1 is 0.852 bits per heavy atom. The lowest BCUT2D eigenvalue weighted by molar-refractivity contribution is 0.0231. The number of morpholine rings is 1. The number of halogens is 1. The van der Waals surface area contributed by atoms with Crippen LogP contribution < -0.4 is 0 Å². The molecule has 0 N–H and O–H groups in total. The highest BCUT2D eigenvalue weighted by Crippen LogP contribution is 2.32. The van der Waals surface area contributed by atoms with Gasteiger partial charge in [-0.2, -0.15) is 0 Å². The summed E-state index contributed by atoms with van der Waals surface area (Å²) in [5.74, 6) is 0.596. The summed E-state index contributed by atoms with van der Waals surface area (Å²) < 4.78 is 18.9. The smallest absolute Gasteiger partial charge is 0.123 e. The fraction of sp³-hybridized carbons (Fsp3) is 0.478. The Bertz CT molecular complexity index is 692. The molecule has 2 saturated heterocycles. The van der Waals surface area contributed by atoms with Crippen molar-refractivity contribution in [2.75, 3.05) is 45.9 Å². The topological polar surface area (TPSA) is 15.7 Å². The molecule has 4 heteroatoms. The molecule has 2 aromatic rings.